The van der Waals surface area contributed by atoms with Crippen LogP contribution in [-0.2, 0) is 9.53 Å². The molecule has 1 aromatic carbocycles. The molecule has 0 aliphatic carbocycles. The quantitative estimate of drug-likeness (QED) is 0.842. The molecule has 1 N–H and O–H groups in total. The second-order valence-corrected chi connectivity index (χ2v) is 3.32. The van der Waals surface area contributed by atoms with Crippen LogP contribution in [0.2, 0.25) is 0 Å². The van der Waals surface area contributed by atoms with Crippen LogP contribution in [0, 0.1) is 0 Å². The van der Waals surface area contributed by atoms with Crippen molar-refractivity contribution in [2.24, 2.45) is 0 Å². The number of hydrogen-bond acceptors (Lipinski definition) is 4. The number of fused-ring (bicyclic) bond motifs is 1. The fourth-order valence-corrected chi connectivity index (χ4v) is 1.20. The van der Waals surface area contributed by atoms with Crippen molar-refractivity contribution in [3.8, 4) is 0 Å². The van der Waals surface area contributed by atoms with Crippen LogP contribution in [0.25, 0.3) is 11.0 Å². The lowest BCUT2D eigenvalue weighted by atomic mass is 10.2. The number of para-hydroxylation sites is 1. The lowest BCUT2D eigenvalue weighted by Crippen LogP contribution is -2.05. The van der Waals surface area contributed by atoms with E-state index in [1.54, 1.807) is 19.1 Å². The highest BCUT2D eigenvalue weighted by Gasteiger charge is 1.92. The summed E-state index contributed by atoms with van der Waals surface area (Å²) in [6.07, 6.45) is 0. The van der Waals surface area contributed by atoms with Crippen molar-refractivity contribution >= 4 is 16.9 Å². The SMILES string of the molecule is CCOCC(=O)O.O=c1ccc2ccccc2o1. The summed E-state index contributed by atoms with van der Waals surface area (Å²) in [4.78, 5) is 20.3. The van der Waals surface area contributed by atoms with E-state index >= 15 is 0 Å². The van der Waals surface area contributed by atoms with E-state index in [2.05, 4.69) is 4.74 Å². The molecule has 2 aromatic rings. The molecule has 1 aromatic heterocycles. The Balaban J connectivity index is 0.000000203. The number of aliphatic carboxylic acids is 1. The molecule has 0 amide bonds. The zero-order valence-corrected chi connectivity index (χ0v) is 9.96. The topological polar surface area (TPSA) is 76.7 Å². The highest BCUT2D eigenvalue weighted by Crippen LogP contribution is 2.08. The molecule has 0 atom stereocenters. The predicted octanol–water partition coefficient (Wildman–Crippen LogP) is 1.90. The van der Waals surface area contributed by atoms with Crippen LogP contribution in [0.5, 0.6) is 0 Å². The smallest absolute Gasteiger partial charge is 0.336 e. The molecule has 2 rings (SSSR count). The van der Waals surface area contributed by atoms with E-state index < -0.39 is 5.97 Å². The molecule has 5 heteroatoms. The van der Waals surface area contributed by atoms with E-state index in [-0.39, 0.29) is 12.2 Å². The summed E-state index contributed by atoms with van der Waals surface area (Å²) < 4.78 is 9.40. The molecule has 96 valence electrons. The first-order chi connectivity index (χ1) is 8.63. The van der Waals surface area contributed by atoms with E-state index in [1.165, 1.54) is 6.07 Å². The molecular formula is C13H14O5. The van der Waals surface area contributed by atoms with Gasteiger partial charge in [-0.25, -0.2) is 9.59 Å². The van der Waals surface area contributed by atoms with Gasteiger partial charge in [0, 0.05) is 18.1 Å². The summed E-state index contributed by atoms with van der Waals surface area (Å²) in [5, 5.41) is 8.87. The van der Waals surface area contributed by atoms with E-state index in [9.17, 15) is 9.59 Å². The second-order valence-electron chi connectivity index (χ2n) is 3.32. The molecule has 18 heavy (non-hydrogen) atoms. The van der Waals surface area contributed by atoms with Gasteiger partial charge in [-0.05, 0) is 19.1 Å². The fourth-order valence-electron chi connectivity index (χ4n) is 1.20. The van der Waals surface area contributed by atoms with Gasteiger partial charge in [0.05, 0.1) is 0 Å². The maximum atomic E-state index is 10.7. The monoisotopic (exact) mass is 250 g/mol. The Labute approximate surface area is 104 Å². The van der Waals surface area contributed by atoms with Crippen LogP contribution >= 0.6 is 0 Å². The van der Waals surface area contributed by atoms with Crippen LogP contribution in [0.4, 0.5) is 0 Å². The van der Waals surface area contributed by atoms with Gasteiger partial charge in [0.25, 0.3) is 0 Å². The van der Waals surface area contributed by atoms with Crippen molar-refractivity contribution in [3.05, 3.63) is 46.8 Å². The number of hydrogen-bond donors (Lipinski definition) is 1. The van der Waals surface area contributed by atoms with Gasteiger partial charge in [-0.2, -0.15) is 0 Å². The molecule has 0 saturated carbocycles. The van der Waals surface area contributed by atoms with Crippen molar-refractivity contribution < 1.29 is 19.1 Å². The van der Waals surface area contributed by atoms with E-state index in [0.717, 1.165) is 5.39 Å². The van der Waals surface area contributed by atoms with Gasteiger partial charge in [0.2, 0.25) is 0 Å². The lowest BCUT2D eigenvalue weighted by molar-refractivity contribution is -0.142. The predicted molar refractivity (Wildman–Crippen MR) is 66.6 cm³/mol. The number of carbonyl (C=O) groups is 1. The molecule has 0 unspecified atom stereocenters. The van der Waals surface area contributed by atoms with E-state index in [1.807, 2.05) is 18.2 Å². The minimum atomic E-state index is -0.915. The van der Waals surface area contributed by atoms with Gasteiger partial charge in [0.15, 0.2) is 0 Å². The van der Waals surface area contributed by atoms with E-state index in [4.69, 9.17) is 9.52 Å². The zero-order chi connectivity index (χ0) is 13.4. The second kappa shape index (κ2) is 7.24. The number of ether oxygens (including phenoxy) is 1. The van der Waals surface area contributed by atoms with Gasteiger partial charge in [0.1, 0.15) is 12.2 Å². The highest BCUT2D eigenvalue weighted by molar-refractivity contribution is 5.75. The largest absolute Gasteiger partial charge is 0.480 e. The molecule has 0 aliphatic rings. The Bertz CT molecular complexity index is 558. The molecular weight excluding hydrogens is 236 g/mol. The third-order valence-electron chi connectivity index (χ3n) is 1.96. The van der Waals surface area contributed by atoms with Gasteiger partial charge < -0.3 is 14.3 Å². The third-order valence-corrected chi connectivity index (χ3v) is 1.96. The third kappa shape index (κ3) is 4.80. The standard InChI is InChI=1S/C9H6O2.C4H8O3/c10-9-6-5-7-3-1-2-4-8(7)11-9;1-2-7-3-4(5)6/h1-6H;2-3H2,1H3,(H,5,6). The van der Waals surface area contributed by atoms with Gasteiger partial charge >= 0.3 is 11.6 Å². The fraction of sp³-hybridized carbons (Fsp3) is 0.231. The van der Waals surface area contributed by atoms with E-state index in [0.29, 0.717) is 12.2 Å². The molecule has 0 spiro atoms. The number of carboxylic acid groups (broad SMARTS) is 1. The maximum Gasteiger partial charge on any atom is 0.336 e. The van der Waals surface area contributed by atoms with Crippen LogP contribution < -0.4 is 5.63 Å². The van der Waals surface area contributed by atoms with Crippen molar-refractivity contribution in [3.63, 3.8) is 0 Å². The van der Waals surface area contributed by atoms with Crippen molar-refractivity contribution in [1.82, 2.24) is 0 Å². The summed E-state index contributed by atoms with van der Waals surface area (Å²) in [6.45, 7) is 2.03. The highest BCUT2D eigenvalue weighted by atomic mass is 16.5. The van der Waals surface area contributed by atoms with Crippen LogP contribution in [0.15, 0.2) is 45.6 Å². The minimum Gasteiger partial charge on any atom is -0.480 e. The maximum absolute atomic E-state index is 10.7. The summed E-state index contributed by atoms with van der Waals surface area (Å²) in [5.41, 5.74) is 0.337. The Morgan fingerprint density at radius 3 is 2.61 bits per heavy atom. The van der Waals surface area contributed by atoms with Crippen LogP contribution in [-0.4, -0.2) is 24.3 Å². The Kier molecular flexibility index (Phi) is 5.60. The van der Waals surface area contributed by atoms with Gasteiger partial charge in [-0.3, -0.25) is 0 Å². The molecule has 0 fully saturated rings. The molecule has 5 nitrogen and oxygen atoms in total. The van der Waals surface area contributed by atoms with Gasteiger partial charge in [-0.1, -0.05) is 18.2 Å². The molecule has 0 bridgehead atoms. The Morgan fingerprint density at radius 1 is 1.28 bits per heavy atom. The summed E-state index contributed by atoms with van der Waals surface area (Å²) in [6, 6.07) is 10.6. The normalized spacial score (nSPS) is 9.61. The summed E-state index contributed by atoms with van der Waals surface area (Å²) in [7, 11) is 0. The number of rotatable bonds is 3. The Hall–Kier alpha value is -2.14. The number of benzene rings is 1. The van der Waals surface area contributed by atoms with Crippen LogP contribution in [0.1, 0.15) is 6.92 Å². The first kappa shape index (κ1) is 13.9. The first-order valence-electron chi connectivity index (χ1n) is 5.42. The van der Waals surface area contributed by atoms with Crippen molar-refractivity contribution in [2.75, 3.05) is 13.2 Å². The molecule has 0 radical (unpaired) electrons. The zero-order valence-electron chi connectivity index (χ0n) is 9.96. The number of carboxylic acids is 1. The molecule has 1 heterocycles. The van der Waals surface area contributed by atoms with Crippen molar-refractivity contribution in [1.29, 1.82) is 0 Å². The first-order valence-corrected chi connectivity index (χ1v) is 5.42. The van der Waals surface area contributed by atoms with Crippen LogP contribution in [0.3, 0.4) is 0 Å². The lowest BCUT2D eigenvalue weighted by Gasteiger charge is -1.91. The Morgan fingerprint density at radius 2 is 2.00 bits per heavy atom. The molecule has 0 aliphatic heterocycles. The van der Waals surface area contributed by atoms with Crippen molar-refractivity contribution in [2.45, 2.75) is 6.92 Å². The summed E-state index contributed by atoms with van der Waals surface area (Å²) >= 11 is 0. The summed E-state index contributed by atoms with van der Waals surface area (Å²) in [5.74, 6) is -0.915. The van der Waals surface area contributed by atoms with Gasteiger partial charge in [-0.15, -0.1) is 0 Å². The average molecular weight is 250 g/mol. The average Bonchev–Trinajstić information content (AvgIpc) is 2.37. The minimum absolute atomic E-state index is 0.184. The molecule has 0 saturated heterocycles.